The highest BCUT2D eigenvalue weighted by Gasteiger charge is 2.26. The van der Waals surface area contributed by atoms with E-state index < -0.39 is 29.6 Å². The minimum absolute atomic E-state index is 0.00756. The van der Waals surface area contributed by atoms with Crippen LogP contribution >= 0.6 is 0 Å². The molecule has 3 aromatic carbocycles. The van der Waals surface area contributed by atoms with Gasteiger partial charge in [0.15, 0.2) is 11.6 Å². The predicted octanol–water partition coefficient (Wildman–Crippen LogP) is 3.82. The lowest BCUT2D eigenvalue weighted by Crippen LogP contribution is -2.32. The third-order valence-corrected chi connectivity index (χ3v) is 6.00. The molecule has 0 bridgehead atoms. The van der Waals surface area contributed by atoms with Gasteiger partial charge in [0, 0.05) is 6.54 Å². The highest BCUT2D eigenvalue weighted by atomic mass is 19.2. The molecule has 0 saturated heterocycles. The van der Waals surface area contributed by atoms with Gasteiger partial charge in [-0.2, -0.15) is 0 Å². The fourth-order valence-corrected chi connectivity index (χ4v) is 3.97. The molecule has 2 N–H and O–H groups in total. The number of hydrogen-bond acceptors (Lipinski definition) is 5. The summed E-state index contributed by atoms with van der Waals surface area (Å²) >= 11 is 0. The van der Waals surface area contributed by atoms with Crippen LogP contribution in [0.3, 0.4) is 0 Å². The molecule has 0 aliphatic carbocycles. The molecule has 4 rings (SSSR count). The number of halogens is 2. The molecule has 0 saturated carbocycles. The molecule has 0 aliphatic rings. The van der Waals surface area contributed by atoms with E-state index in [1.165, 1.54) is 6.07 Å². The molecular weight excluding hydrogens is 456 g/mol. The number of carboxylic acids is 1. The van der Waals surface area contributed by atoms with E-state index in [2.05, 4.69) is 10.3 Å². The van der Waals surface area contributed by atoms with Gasteiger partial charge >= 0.3 is 5.97 Å². The maximum absolute atomic E-state index is 13.5. The van der Waals surface area contributed by atoms with E-state index in [1.807, 2.05) is 0 Å². The Morgan fingerprint density at radius 3 is 2.37 bits per heavy atom. The van der Waals surface area contributed by atoms with E-state index in [-0.39, 0.29) is 24.9 Å². The van der Waals surface area contributed by atoms with Gasteiger partial charge in [-0.25, -0.2) is 13.5 Å². The fourth-order valence-electron chi connectivity index (χ4n) is 3.97. The summed E-state index contributed by atoms with van der Waals surface area (Å²) in [5.74, 6) is -4.08. The maximum Gasteiger partial charge on any atom is 0.309 e. The molecule has 0 radical (unpaired) electrons. The summed E-state index contributed by atoms with van der Waals surface area (Å²) < 4.78 is 27.7. The Bertz CT molecular complexity index is 1410. The minimum atomic E-state index is -1.16. The van der Waals surface area contributed by atoms with Crippen LogP contribution in [0.25, 0.3) is 22.0 Å². The average Bonchev–Trinajstić information content (AvgIpc) is 2.86. The largest absolute Gasteiger partial charge is 0.481 e. The number of aliphatic hydroxyl groups excluding tert-OH is 1. The zero-order chi connectivity index (χ0) is 24.9. The fraction of sp³-hybridized carbons (Fsp3) is 0.231. The van der Waals surface area contributed by atoms with Crippen molar-refractivity contribution in [1.82, 2.24) is 15.0 Å². The summed E-state index contributed by atoms with van der Waals surface area (Å²) in [7, 11) is 0. The van der Waals surface area contributed by atoms with Crippen LogP contribution in [-0.2, 0) is 17.8 Å². The quantitative estimate of drug-likeness (QED) is 0.378. The Morgan fingerprint density at radius 1 is 0.943 bits per heavy atom. The van der Waals surface area contributed by atoms with Crippen LogP contribution in [0.15, 0.2) is 71.5 Å². The molecule has 9 heteroatoms. The second-order valence-corrected chi connectivity index (χ2v) is 8.30. The lowest BCUT2D eigenvalue weighted by atomic mass is 9.93. The number of aryl methyl sites for hydroxylation is 2. The van der Waals surface area contributed by atoms with Crippen molar-refractivity contribution in [3.05, 3.63) is 94.3 Å². The van der Waals surface area contributed by atoms with E-state index in [0.29, 0.717) is 28.5 Å². The van der Waals surface area contributed by atoms with Gasteiger partial charge in [0.2, 0.25) is 0 Å². The predicted molar refractivity (Wildman–Crippen MR) is 126 cm³/mol. The van der Waals surface area contributed by atoms with E-state index in [1.54, 1.807) is 48.5 Å². The molecule has 0 spiro atoms. The molecule has 0 amide bonds. The third kappa shape index (κ3) is 5.58. The van der Waals surface area contributed by atoms with Crippen LogP contribution < -0.4 is 5.56 Å². The highest BCUT2D eigenvalue weighted by Crippen LogP contribution is 2.23. The monoisotopic (exact) mass is 479 g/mol. The summed E-state index contributed by atoms with van der Waals surface area (Å²) in [5.41, 5.74) is 2.19. The number of aromatic nitrogens is 3. The van der Waals surface area contributed by atoms with Gasteiger partial charge < -0.3 is 10.2 Å². The Labute approximate surface area is 199 Å². The SMILES string of the molecule is O=C(O)[C@@H](CCn1nnc2ccccc2c1=O)[C@H](O)CCc1ccc(-c2ccc(F)c(F)c2)cc1. The van der Waals surface area contributed by atoms with Crippen molar-refractivity contribution in [3.8, 4) is 11.1 Å². The summed E-state index contributed by atoms with van der Waals surface area (Å²) in [6.07, 6.45) is -0.515. The summed E-state index contributed by atoms with van der Waals surface area (Å²) in [6.45, 7) is 0.00756. The molecule has 180 valence electrons. The van der Waals surface area contributed by atoms with Gasteiger partial charge in [-0.05, 0) is 60.2 Å². The Balaban J connectivity index is 1.38. The third-order valence-electron chi connectivity index (χ3n) is 6.00. The lowest BCUT2D eigenvalue weighted by molar-refractivity contribution is -0.146. The van der Waals surface area contributed by atoms with Crippen LogP contribution in [-0.4, -0.2) is 37.3 Å². The first-order valence-corrected chi connectivity index (χ1v) is 11.1. The number of aliphatic hydroxyl groups is 1. The average molecular weight is 479 g/mol. The van der Waals surface area contributed by atoms with Gasteiger partial charge in [0.05, 0.1) is 17.4 Å². The number of nitrogens with zero attached hydrogens (tertiary/aromatic N) is 3. The zero-order valence-corrected chi connectivity index (χ0v) is 18.6. The number of benzene rings is 3. The number of carbonyl (C=O) groups is 1. The van der Waals surface area contributed by atoms with Crippen molar-refractivity contribution in [2.75, 3.05) is 0 Å². The topological polar surface area (TPSA) is 105 Å². The Morgan fingerprint density at radius 2 is 1.66 bits per heavy atom. The lowest BCUT2D eigenvalue weighted by Gasteiger charge is -2.19. The molecule has 35 heavy (non-hydrogen) atoms. The van der Waals surface area contributed by atoms with Gasteiger partial charge in [-0.1, -0.05) is 47.7 Å². The Kier molecular flexibility index (Phi) is 7.26. The number of aliphatic carboxylic acids is 1. The molecule has 7 nitrogen and oxygen atoms in total. The summed E-state index contributed by atoms with van der Waals surface area (Å²) in [5, 5.41) is 28.4. The van der Waals surface area contributed by atoms with Gasteiger partial charge in [-0.3, -0.25) is 9.59 Å². The van der Waals surface area contributed by atoms with Crippen LogP contribution in [0.1, 0.15) is 18.4 Å². The van der Waals surface area contributed by atoms with Crippen molar-refractivity contribution in [3.63, 3.8) is 0 Å². The number of carboxylic acid groups (broad SMARTS) is 1. The van der Waals surface area contributed by atoms with E-state index in [9.17, 15) is 28.6 Å². The van der Waals surface area contributed by atoms with Crippen LogP contribution in [0.4, 0.5) is 8.78 Å². The first-order valence-electron chi connectivity index (χ1n) is 11.1. The molecule has 1 aromatic heterocycles. The standard InChI is InChI=1S/C26H23F2N3O4/c27-21-11-10-18(15-22(21)28)17-8-5-16(6-9-17)7-12-24(32)20(26(34)35)13-14-31-25(33)19-3-1-2-4-23(19)29-30-31/h1-6,8-11,15,20,24,32H,7,12-14H2,(H,34,35)/t20-,24+/m0/s1. The van der Waals surface area contributed by atoms with Crippen molar-refractivity contribution in [1.29, 1.82) is 0 Å². The highest BCUT2D eigenvalue weighted by molar-refractivity contribution is 5.76. The van der Waals surface area contributed by atoms with Crippen LogP contribution in [0.2, 0.25) is 0 Å². The number of fused-ring (bicyclic) bond motifs is 1. The normalized spacial score (nSPS) is 13.0. The second kappa shape index (κ2) is 10.5. The van der Waals surface area contributed by atoms with Crippen molar-refractivity contribution in [2.45, 2.75) is 31.9 Å². The van der Waals surface area contributed by atoms with Crippen molar-refractivity contribution >= 4 is 16.9 Å². The first kappa shape index (κ1) is 24.2. The molecule has 0 aliphatic heterocycles. The second-order valence-electron chi connectivity index (χ2n) is 8.30. The Hall–Kier alpha value is -3.98. The van der Waals surface area contributed by atoms with Gasteiger partial charge in [-0.15, -0.1) is 5.10 Å². The van der Waals surface area contributed by atoms with E-state index in [0.717, 1.165) is 22.4 Å². The van der Waals surface area contributed by atoms with Crippen LogP contribution in [0.5, 0.6) is 0 Å². The smallest absolute Gasteiger partial charge is 0.309 e. The minimum Gasteiger partial charge on any atom is -0.481 e. The maximum atomic E-state index is 13.5. The van der Waals surface area contributed by atoms with E-state index in [4.69, 9.17) is 0 Å². The summed E-state index contributed by atoms with van der Waals surface area (Å²) in [6, 6.07) is 17.5. The molecule has 2 atom stereocenters. The summed E-state index contributed by atoms with van der Waals surface area (Å²) in [4.78, 5) is 24.4. The number of rotatable bonds is 9. The zero-order valence-electron chi connectivity index (χ0n) is 18.6. The van der Waals surface area contributed by atoms with Crippen molar-refractivity contribution in [2.24, 2.45) is 5.92 Å². The van der Waals surface area contributed by atoms with Crippen LogP contribution in [0, 0.1) is 17.6 Å². The van der Waals surface area contributed by atoms with Crippen molar-refractivity contribution < 1.29 is 23.8 Å². The molecular formula is C26H23F2N3O4. The van der Waals surface area contributed by atoms with Gasteiger partial charge in [0.25, 0.3) is 5.56 Å². The molecule has 0 unspecified atom stereocenters. The first-order chi connectivity index (χ1) is 16.8. The number of hydrogen-bond donors (Lipinski definition) is 2. The van der Waals surface area contributed by atoms with E-state index >= 15 is 0 Å². The molecule has 4 aromatic rings. The molecule has 0 fully saturated rings. The molecule has 1 heterocycles. The van der Waals surface area contributed by atoms with Gasteiger partial charge in [0.1, 0.15) is 5.52 Å².